The first kappa shape index (κ1) is 17.3. The molecule has 0 bridgehead atoms. The normalized spacial score (nSPS) is 26.8. The summed E-state index contributed by atoms with van der Waals surface area (Å²) in [5, 5.41) is 8.74. The van der Waals surface area contributed by atoms with Crippen molar-refractivity contribution in [3.05, 3.63) is 29.1 Å². The van der Waals surface area contributed by atoms with E-state index in [0.717, 1.165) is 37.3 Å². The number of carbonyl (C=O) groups excluding carboxylic acids is 1. The number of fused-ring (bicyclic) bond motifs is 1. The van der Waals surface area contributed by atoms with Crippen LogP contribution < -0.4 is 5.48 Å². The van der Waals surface area contributed by atoms with Crippen LogP contribution in [0.4, 0.5) is 0 Å². The molecule has 3 rings (SSSR count). The van der Waals surface area contributed by atoms with Gasteiger partial charge in [-0.1, -0.05) is 6.92 Å². The van der Waals surface area contributed by atoms with Crippen molar-refractivity contribution < 1.29 is 10.0 Å². The molecule has 6 heteroatoms. The Morgan fingerprint density at radius 3 is 2.92 bits per heavy atom. The Kier molecular flexibility index (Phi) is 4.90. The number of amides is 1. The van der Waals surface area contributed by atoms with Gasteiger partial charge in [-0.05, 0) is 63.4 Å². The fourth-order valence-electron chi connectivity index (χ4n) is 3.97. The predicted molar refractivity (Wildman–Crippen MR) is 91.9 cm³/mol. The molecule has 2 heterocycles. The van der Waals surface area contributed by atoms with Crippen LogP contribution in [0.1, 0.15) is 47.8 Å². The first-order valence-electron chi connectivity index (χ1n) is 8.71. The van der Waals surface area contributed by atoms with Crippen molar-refractivity contribution in [2.24, 2.45) is 5.41 Å². The lowest BCUT2D eigenvalue weighted by Crippen LogP contribution is -2.51. The van der Waals surface area contributed by atoms with Crippen LogP contribution in [0.25, 0.3) is 0 Å². The third-order valence-corrected chi connectivity index (χ3v) is 5.58. The van der Waals surface area contributed by atoms with Gasteiger partial charge in [0.1, 0.15) is 0 Å². The van der Waals surface area contributed by atoms with E-state index >= 15 is 0 Å². The van der Waals surface area contributed by atoms with Crippen LogP contribution in [0.5, 0.6) is 0 Å². The Morgan fingerprint density at radius 1 is 1.50 bits per heavy atom. The molecule has 0 radical (unpaired) electrons. The molecular weight excluding hydrogens is 304 g/mol. The minimum absolute atomic E-state index is 0.421. The van der Waals surface area contributed by atoms with Crippen LogP contribution in [0.2, 0.25) is 0 Å². The summed E-state index contributed by atoms with van der Waals surface area (Å²) < 4.78 is 0. The smallest absolute Gasteiger partial charge is 0.276 e. The molecule has 0 unspecified atom stereocenters. The van der Waals surface area contributed by atoms with Gasteiger partial charge in [-0.25, -0.2) is 5.48 Å². The van der Waals surface area contributed by atoms with Crippen molar-refractivity contribution in [1.29, 1.82) is 0 Å². The number of carbonyl (C=O) groups is 1. The van der Waals surface area contributed by atoms with Crippen molar-refractivity contribution in [1.82, 2.24) is 20.3 Å². The number of aromatic nitrogens is 1. The van der Waals surface area contributed by atoms with Gasteiger partial charge in [-0.15, -0.1) is 0 Å². The van der Waals surface area contributed by atoms with Gasteiger partial charge in [0.05, 0.1) is 11.3 Å². The van der Waals surface area contributed by atoms with Gasteiger partial charge in [0.25, 0.3) is 5.91 Å². The van der Waals surface area contributed by atoms with Crippen LogP contribution in [0, 0.1) is 5.41 Å². The minimum atomic E-state index is -0.497. The highest BCUT2D eigenvalue weighted by molar-refractivity contribution is 5.93. The molecule has 0 aromatic carbocycles. The van der Waals surface area contributed by atoms with Crippen LogP contribution in [0.15, 0.2) is 12.3 Å². The zero-order valence-corrected chi connectivity index (χ0v) is 14.9. The summed E-state index contributed by atoms with van der Waals surface area (Å²) in [6.45, 7) is 5.45. The molecule has 132 valence electrons. The Labute approximate surface area is 143 Å². The molecule has 24 heavy (non-hydrogen) atoms. The maximum absolute atomic E-state index is 11.5. The molecule has 1 aromatic heterocycles. The molecule has 1 amide bonds. The van der Waals surface area contributed by atoms with Crippen molar-refractivity contribution in [3.63, 3.8) is 0 Å². The molecule has 1 aliphatic heterocycles. The van der Waals surface area contributed by atoms with Crippen molar-refractivity contribution in [3.8, 4) is 0 Å². The largest absolute Gasteiger partial charge is 0.309 e. The van der Waals surface area contributed by atoms with E-state index in [9.17, 15) is 4.79 Å². The van der Waals surface area contributed by atoms with E-state index in [1.807, 2.05) is 6.07 Å². The zero-order chi connectivity index (χ0) is 17.3. The van der Waals surface area contributed by atoms with Crippen molar-refractivity contribution in [2.75, 3.05) is 27.2 Å². The predicted octanol–water partition coefficient (Wildman–Crippen LogP) is 1.68. The second-order valence-electron chi connectivity index (χ2n) is 7.92. The number of hydroxylamine groups is 1. The lowest BCUT2D eigenvalue weighted by atomic mass is 9.64. The number of nitrogens with zero attached hydrogens (tertiary/aromatic N) is 3. The van der Waals surface area contributed by atoms with Gasteiger partial charge in [0.2, 0.25) is 0 Å². The highest BCUT2D eigenvalue weighted by atomic mass is 16.5. The molecule has 1 aromatic rings. The maximum atomic E-state index is 11.5. The first-order valence-corrected chi connectivity index (χ1v) is 8.71. The van der Waals surface area contributed by atoms with E-state index in [0.29, 0.717) is 17.0 Å². The fraction of sp³-hybridized carbons (Fsp3) is 0.667. The Hall–Kier alpha value is -1.50. The molecule has 0 atom stereocenters. The van der Waals surface area contributed by atoms with Crippen LogP contribution >= 0.6 is 0 Å². The summed E-state index contributed by atoms with van der Waals surface area (Å²) in [6, 6.07) is 2.51. The van der Waals surface area contributed by atoms with E-state index < -0.39 is 5.91 Å². The van der Waals surface area contributed by atoms with E-state index in [4.69, 9.17) is 5.21 Å². The molecule has 0 saturated heterocycles. The molecular formula is C18H28N4O2. The quantitative estimate of drug-likeness (QED) is 0.634. The lowest BCUT2D eigenvalue weighted by Gasteiger charge is -2.51. The standard InChI is InChI=1S/C18H28N4O2/c1-18(5-7-21(2)3)9-15(10-18)22-6-4-13-8-14(17(23)20-24)11-19-16(13)12-22/h8,11,15,24H,4-7,9-10,12H2,1-3H3,(H,20,23)/t15-,18-. The van der Waals surface area contributed by atoms with Gasteiger partial charge in [0, 0.05) is 25.3 Å². The van der Waals surface area contributed by atoms with Gasteiger partial charge in [-0.2, -0.15) is 0 Å². The van der Waals surface area contributed by atoms with Crippen LogP contribution in [0.3, 0.4) is 0 Å². The summed E-state index contributed by atoms with van der Waals surface area (Å²) in [4.78, 5) is 20.8. The number of rotatable bonds is 5. The molecule has 2 N–H and O–H groups in total. The number of hydrogen-bond donors (Lipinski definition) is 2. The van der Waals surface area contributed by atoms with Crippen LogP contribution in [-0.4, -0.2) is 59.1 Å². The summed E-state index contributed by atoms with van der Waals surface area (Å²) in [7, 11) is 4.27. The van der Waals surface area contributed by atoms with E-state index in [2.05, 4.69) is 35.8 Å². The van der Waals surface area contributed by atoms with Gasteiger partial charge >= 0.3 is 0 Å². The topological polar surface area (TPSA) is 68.7 Å². The van der Waals surface area contributed by atoms with Crippen molar-refractivity contribution in [2.45, 2.75) is 45.2 Å². The van der Waals surface area contributed by atoms with Crippen molar-refractivity contribution >= 4 is 5.91 Å². The molecule has 6 nitrogen and oxygen atoms in total. The fourth-order valence-corrected chi connectivity index (χ4v) is 3.97. The number of hydrogen-bond acceptors (Lipinski definition) is 5. The summed E-state index contributed by atoms with van der Waals surface area (Å²) >= 11 is 0. The Balaban J connectivity index is 1.58. The Bertz CT molecular complexity index is 611. The Morgan fingerprint density at radius 2 is 2.25 bits per heavy atom. The SMILES string of the molecule is CN(C)CC[C@]1(C)C[C@@H](N2CCc3cc(C(=O)NO)cnc3C2)C1. The van der Waals surface area contributed by atoms with Gasteiger partial charge < -0.3 is 4.90 Å². The second-order valence-corrected chi connectivity index (χ2v) is 7.92. The maximum Gasteiger partial charge on any atom is 0.276 e. The average Bonchev–Trinajstić information content (AvgIpc) is 2.55. The van der Waals surface area contributed by atoms with Gasteiger partial charge in [0.15, 0.2) is 0 Å². The molecule has 1 fully saturated rings. The summed E-state index contributed by atoms with van der Waals surface area (Å²) in [6.07, 6.45) is 6.26. The van der Waals surface area contributed by atoms with E-state index in [1.165, 1.54) is 19.3 Å². The third-order valence-electron chi connectivity index (χ3n) is 5.58. The summed E-state index contributed by atoms with van der Waals surface area (Å²) in [5.41, 5.74) is 4.76. The number of nitrogens with one attached hydrogen (secondary N) is 1. The second kappa shape index (κ2) is 6.78. The molecule has 1 saturated carbocycles. The molecule has 2 aliphatic rings. The zero-order valence-electron chi connectivity index (χ0n) is 14.9. The van der Waals surface area contributed by atoms with E-state index in [1.54, 1.807) is 11.7 Å². The molecule has 0 spiro atoms. The van der Waals surface area contributed by atoms with Gasteiger partial charge in [-0.3, -0.25) is 19.9 Å². The first-order chi connectivity index (χ1) is 11.4. The third kappa shape index (κ3) is 3.61. The highest BCUT2D eigenvalue weighted by Crippen LogP contribution is 2.46. The average molecular weight is 332 g/mol. The number of pyridine rings is 1. The summed E-state index contributed by atoms with van der Waals surface area (Å²) in [5.74, 6) is -0.497. The van der Waals surface area contributed by atoms with Crippen LogP contribution in [-0.2, 0) is 13.0 Å². The monoisotopic (exact) mass is 332 g/mol. The van der Waals surface area contributed by atoms with E-state index in [-0.39, 0.29) is 0 Å². The highest BCUT2D eigenvalue weighted by Gasteiger charge is 2.43. The minimum Gasteiger partial charge on any atom is -0.309 e. The lowest BCUT2D eigenvalue weighted by molar-refractivity contribution is -0.00421. The molecule has 1 aliphatic carbocycles.